The zero-order valence-corrected chi connectivity index (χ0v) is 32.6. The van der Waals surface area contributed by atoms with Crippen LogP contribution < -0.4 is 10.2 Å². The van der Waals surface area contributed by atoms with Crippen LogP contribution in [-0.4, -0.2) is 133 Å². The Bertz CT molecular complexity index is 1770. The molecule has 2 fully saturated rings. The number of anilines is 1. The Hall–Kier alpha value is -4.55. The summed E-state index contributed by atoms with van der Waals surface area (Å²) >= 11 is 6.43. The highest BCUT2D eigenvalue weighted by molar-refractivity contribution is 6.30. The highest BCUT2D eigenvalue weighted by atomic mass is 35.5. The van der Waals surface area contributed by atoms with Crippen molar-refractivity contribution in [1.82, 2.24) is 25.0 Å². The molecule has 2 saturated heterocycles. The van der Waals surface area contributed by atoms with Crippen molar-refractivity contribution in [3.63, 3.8) is 0 Å². The Balaban J connectivity index is 0.000000537. The Morgan fingerprint density at radius 3 is 2.26 bits per heavy atom. The van der Waals surface area contributed by atoms with Crippen LogP contribution in [0, 0.1) is 5.92 Å². The maximum Gasteiger partial charge on any atom is 0.490 e. The number of aromatic nitrogens is 1. The van der Waals surface area contributed by atoms with Crippen molar-refractivity contribution in [3.05, 3.63) is 64.8 Å². The Morgan fingerprint density at radius 2 is 1.67 bits per heavy atom. The summed E-state index contributed by atoms with van der Waals surface area (Å²) < 4.78 is 60.7. The van der Waals surface area contributed by atoms with E-state index in [1.54, 1.807) is 0 Å². The van der Waals surface area contributed by atoms with Crippen molar-refractivity contribution in [2.24, 2.45) is 5.92 Å². The molecule has 3 amide bonds. The van der Waals surface area contributed by atoms with Crippen LogP contribution in [0.1, 0.15) is 49.7 Å². The first-order chi connectivity index (χ1) is 26.9. The van der Waals surface area contributed by atoms with Gasteiger partial charge in [-0.1, -0.05) is 36.7 Å². The van der Waals surface area contributed by atoms with Crippen LogP contribution in [0.2, 0.25) is 5.02 Å². The van der Waals surface area contributed by atoms with E-state index in [-0.39, 0.29) is 36.3 Å². The number of halogens is 7. The highest BCUT2D eigenvalue weighted by Crippen LogP contribution is 2.35. The lowest BCUT2D eigenvalue weighted by Crippen LogP contribution is -2.57. The molecule has 1 aromatic heterocycles. The predicted octanol–water partition coefficient (Wildman–Crippen LogP) is 6.84. The number of nitrogens with zero attached hydrogens (tertiary/aromatic N) is 4. The van der Waals surface area contributed by atoms with E-state index in [0.29, 0.717) is 11.6 Å². The van der Waals surface area contributed by atoms with Gasteiger partial charge in [-0.05, 0) is 101 Å². The molecule has 3 aromatic rings. The fraction of sp³-hybridized carbons (Fsp3) is 0.526. The Kier molecular flexibility index (Phi) is 17.9. The van der Waals surface area contributed by atoms with Gasteiger partial charge in [0, 0.05) is 65.9 Å². The quantitative estimate of drug-likeness (QED) is 0.142. The van der Waals surface area contributed by atoms with Gasteiger partial charge in [-0.2, -0.15) is 26.3 Å². The average molecular weight is 835 g/mol. The molecular weight excluding hydrogens is 786 g/mol. The second-order valence-electron chi connectivity index (χ2n) is 14.2. The zero-order valence-electron chi connectivity index (χ0n) is 31.8. The SMILES string of the molecule is CC(c1c[nH]c2ccccc12)C(NC(=O)N1CCC[C@@H]1CN1CCCC1)C(=O)N1C[C@@H](CN(C)C)Cc2cc(Cl)ccc21.FC(F)F.O=C(O)C(F)(F)F.O=CO. The number of carbonyl (C=O) groups excluding carboxylic acids is 2. The van der Waals surface area contributed by atoms with E-state index in [1.807, 2.05) is 52.4 Å². The second-order valence-corrected chi connectivity index (χ2v) is 14.6. The molecule has 2 aromatic carbocycles. The number of urea groups is 1. The lowest BCUT2D eigenvalue weighted by Gasteiger charge is -2.39. The monoisotopic (exact) mass is 834 g/mol. The molecule has 0 spiro atoms. The summed E-state index contributed by atoms with van der Waals surface area (Å²) in [6.45, 7) is 3.46. The van der Waals surface area contributed by atoms with Gasteiger partial charge in [0.05, 0.1) is 0 Å². The molecule has 0 saturated carbocycles. The van der Waals surface area contributed by atoms with Gasteiger partial charge < -0.3 is 40.1 Å². The largest absolute Gasteiger partial charge is 0.490 e. The average Bonchev–Trinajstić information content (AvgIpc) is 3.91. The summed E-state index contributed by atoms with van der Waals surface area (Å²) in [6.07, 6.45) is 2.23. The molecule has 19 heteroatoms. The first-order valence-electron chi connectivity index (χ1n) is 18.3. The molecular formula is C38H49ClF6N6O6. The number of carboxylic acids is 1. The first kappa shape index (κ1) is 46.8. The zero-order chi connectivity index (χ0) is 42.4. The molecule has 4 N–H and O–H groups in total. The van der Waals surface area contributed by atoms with Crippen molar-refractivity contribution in [3.8, 4) is 0 Å². The van der Waals surface area contributed by atoms with E-state index < -0.39 is 24.9 Å². The van der Waals surface area contributed by atoms with Gasteiger partial charge in [0.1, 0.15) is 6.04 Å². The van der Waals surface area contributed by atoms with Gasteiger partial charge in [-0.15, -0.1) is 0 Å². The Morgan fingerprint density at radius 1 is 1.05 bits per heavy atom. The fourth-order valence-corrected chi connectivity index (χ4v) is 7.75. The minimum Gasteiger partial charge on any atom is -0.483 e. The second kappa shape index (κ2) is 21.8. The lowest BCUT2D eigenvalue weighted by atomic mass is 9.88. The fourth-order valence-electron chi connectivity index (χ4n) is 7.55. The van der Waals surface area contributed by atoms with Crippen LogP contribution in [-0.2, 0) is 20.8 Å². The van der Waals surface area contributed by atoms with Crippen molar-refractivity contribution in [1.29, 1.82) is 0 Å². The molecule has 12 nitrogen and oxygen atoms in total. The van der Waals surface area contributed by atoms with Gasteiger partial charge in [0.15, 0.2) is 0 Å². The molecule has 4 atom stereocenters. The third-order valence-electron chi connectivity index (χ3n) is 9.88. The number of likely N-dealkylation sites (tertiary alicyclic amines) is 2. The summed E-state index contributed by atoms with van der Waals surface area (Å²) in [4.78, 5) is 58.0. The topological polar surface area (TPSA) is 150 Å². The Labute approximate surface area is 331 Å². The number of hydrogen-bond acceptors (Lipinski definition) is 6. The van der Waals surface area contributed by atoms with Crippen LogP contribution in [0.15, 0.2) is 48.7 Å². The third-order valence-corrected chi connectivity index (χ3v) is 10.1. The molecule has 2 unspecified atom stereocenters. The molecule has 3 aliphatic rings. The highest BCUT2D eigenvalue weighted by Gasteiger charge is 2.40. The van der Waals surface area contributed by atoms with E-state index in [2.05, 4.69) is 47.2 Å². The van der Waals surface area contributed by atoms with E-state index >= 15 is 0 Å². The number of carboxylic acid groups (broad SMARTS) is 2. The van der Waals surface area contributed by atoms with E-state index in [1.165, 1.54) is 12.8 Å². The van der Waals surface area contributed by atoms with Crippen molar-refractivity contribution in [2.45, 2.75) is 69.9 Å². The number of benzene rings is 2. The number of fused-ring (bicyclic) bond motifs is 2. The smallest absolute Gasteiger partial charge is 0.483 e. The normalized spacial score (nSPS) is 19.0. The van der Waals surface area contributed by atoms with Crippen LogP contribution in [0.3, 0.4) is 0 Å². The molecule has 6 rings (SSSR count). The number of alkyl halides is 6. The van der Waals surface area contributed by atoms with Crippen LogP contribution >= 0.6 is 11.6 Å². The summed E-state index contributed by atoms with van der Waals surface area (Å²) in [5, 5.41) is 19.1. The number of amides is 3. The standard InChI is InChI=1S/C34H45ClN6O2.C2HF3O2.CHF3.CH2O2/c1-23(29-19-36-30-11-5-4-10-28(29)30)32(37-34(43)40-16-8-9-27(40)22-39-14-6-7-15-39)33(42)41-21-24(20-38(2)3)17-25-18-26(35)12-13-31(25)41;3-2(4,5)1(6)7;2-1(3)4;2-1-3/h4-5,10-13,18-19,23-24,27,32,36H,6-9,14-17,20-22H2,1-3H3,(H,37,43);(H,6,7);1H;1H,(H,2,3)/t23?,24-,27-,32?;;;/m1.../s1. The van der Waals surface area contributed by atoms with Gasteiger partial charge in [-0.25, -0.2) is 9.59 Å². The molecule has 0 bridgehead atoms. The minimum absolute atomic E-state index is 0.0755. The van der Waals surface area contributed by atoms with Crippen molar-refractivity contribution >= 4 is 52.6 Å². The number of hydrogen-bond donors (Lipinski definition) is 4. The number of nitrogens with one attached hydrogen (secondary N) is 2. The maximum atomic E-state index is 14.8. The molecule has 3 aliphatic heterocycles. The third kappa shape index (κ3) is 13.8. The minimum atomic E-state index is -5.08. The number of H-pyrrole nitrogens is 1. The van der Waals surface area contributed by atoms with Crippen LogP contribution in [0.4, 0.5) is 36.8 Å². The lowest BCUT2D eigenvalue weighted by molar-refractivity contribution is -0.192. The van der Waals surface area contributed by atoms with Gasteiger partial charge in [0.25, 0.3) is 6.47 Å². The van der Waals surface area contributed by atoms with Crippen LogP contribution in [0.5, 0.6) is 0 Å². The number of carbonyl (C=O) groups is 4. The number of aromatic amines is 1. The van der Waals surface area contributed by atoms with Gasteiger partial charge in [0.2, 0.25) is 5.91 Å². The van der Waals surface area contributed by atoms with Gasteiger partial charge in [-0.3, -0.25) is 9.59 Å². The number of para-hydroxylation sites is 1. The van der Waals surface area contributed by atoms with Crippen LogP contribution in [0.25, 0.3) is 10.9 Å². The predicted molar refractivity (Wildman–Crippen MR) is 203 cm³/mol. The van der Waals surface area contributed by atoms with Crippen molar-refractivity contribution in [2.75, 3.05) is 58.3 Å². The number of rotatable bonds is 8. The van der Waals surface area contributed by atoms with Gasteiger partial charge >= 0.3 is 24.9 Å². The molecule has 316 valence electrons. The van der Waals surface area contributed by atoms with E-state index in [4.69, 9.17) is 31.4 Å². The summed E-state index contributed by atoms with van der Waals surface area (Å²) in [7, 11) is 4.13. The summed E-state index contributed by atoms with van der Waals surface area (Å²) in [5.74, 6) is -2.83. The summed E-state index contributed by atoms with van der Waals surface area (Å²) in [5.41, 5.74) is 4.02. The van der Waals surface area contributed by atoms with Crippen molar-refractivity contribution < 1.29 is 55.7 Å². The molecule has 57 heavy (non-hydrogen) atoms. The number of aliphatic carboxylic acids is 1. The first-order valence-corrected chi connectivity index (χ1v) is 18.7. The summed E-state index contributed by atoms with van der Waals surface area (Å²) in [6, 6.07) is 13.3. The van der Waals surface area contributed by atoms with E-state index in [0.717, 1.165) is 79.7 Å². The van der Waals surface area contributed by atoms with E-state index in [9.17, 15) is 35.9 Å². The molecule has 0 aliphatic carbocycles. The molecule has 0 radical (unpaired) electrons. The maximum absolute atomic E-state index is 14.8. The molecule has 4 heterocycles.